The van der Waals surface area contributed by atoms with Crippen LogP contribution in [0.5, 0.6) is 0 Å². The van der Waals surface area contributed by atoms with E-state index in [2.05, 4.69) is 68.1 Å². The van der Waals surface area contributed by atoms with Crippen molar-refractivity contribution in [2.75, 3.05) is 6.54 Å². The lowest BCUT2D eigenvalue weighted by Gasteiger charge is -2.25. The number of aromatic nitrogens is 1. The molecule has 0 aliphatic heterocycles. The molecule has 2 rings (SSSR count). The summed E-state index contributed by atoms with van der Waals surface area (Å²) in [7, 11) is 0. The first kappa shape index (κ1) is 17.2. The van der Waals surface area contributed by atoms with Gasteiger partial charge in [0.25, 0.3) is 5.91 Å². The first-order chi connectivity index (χ1) is 10.4. The molecule has 1 N–H and O–H groups in total. The molecule has 2 aromatic rings. The minimum Gasteiger partial charge on any atom is -0.351 e. The van der Waals surface area contributed by atoms with Crippen molar-refractivity contribution in [1.29, 1.82) is 0 Å². The Hall–Kier alpha value is -1.20. The van der Waals surface area contributed by atoms with E-state index in [1.165, 1.54) is 5.56 Å². The predicted molar refractivity (Wildman–Crippen MR) is 95.9 cm³/mol. The smallest absolute Gasteiger partial charge is 0.252 e. The maximum atomic E-state index is 12.2. The zero-order chi connectivity index (χ0) is 16.2. The van der Waals surface area contributed by atoms with Crippen molar-refractivity contribution < 1.29 is 4.79 Å². The number of carbonyl (C=O) groups is 1. The van der Waals surface area contributed by atoms with Gasteiger partial charge in [0, 0.05) is 27.9 Å². The van der Waals surface area contributed by atoms with Crippen LogP contribution in [0.25, 0.3) is 0 Å². The molecule has 1 aromatic heterocycles. The fraction of sp³-hybridized carbons (Fsp3) is 0.294. The summed E-state index contributed by atoms with van der Waals surface area (Å²) < 4.78 is 1.87. The van der Waals surface area contributed by atoms with Crippen molar-refractivity contribution in [2.45, 2.75) is 20.3 Å². The Labute approximate surface area is 147 Å². The molecule has 0 unspecified atom stereocenters. The molecule has 1 heterocycles. The summed E-state index contributed by atoms with van der Waals surface area (Å²) in [6.07, 6.45) is 4.13. The van der Waals surface area contributed by atoms with Gasteiger partial charge < -0.3 is 5.32 Å². The standard InChI is InChI=1S/C17H18Br2N2O/c1-17(2,8-12-3-5-14(18)6-4-12)11-21-16(22)13-7-15(19)10-20-9-13/h3-7,9-10H,8,11H2,1-2H3,(H,21,22). The molecule has 0 saturated carbocycles. The Morgan fingerprint density at radius 3 is 2.45 bits per heavy atom. The summed E-state index contributed by atoms with van der Waals surface area (Å²) in [5.41, 5.74) is 1.79. The Kier molecular flexibility index (Phi) is 5.75. The number of pyridine rings is 1. The number of carbonyl (C=O) groups excluding carboxylic acids is 1. The molecule has 0 aliphatic carbocycles. The van der Waals surface area contributed by atoms with E-state index in [1.54, 1.807) is 18.5 Å². The van der Waals surface area contributed by atoms with Crippen LogP contribution in [0.3, 0.4) is 0 Å². The normalized spacial score (nSPS) is 11.3. The predicted octanol–water partition coefficient (Wildman–Crippen LogP) is 4.61. The van der Waals surface area contributed by atoms with E-state index < -0.39 is 0 Å². The summed E-state index contributed by atoms with van der Waals surface area (Å²) in [5.74, 6) is -0.0994. The molecule has 0 radical (unpaired) electrons. The largest absolute Gasteiger partial charge is 0.351 e. The number of hydrogen-bond acceptors (Lipinski definition) is 2. The van der Waals surface area contributed by atoms with Gasteiger partial charge in [-0.25, -0.2) is 0 Å². The number of rotatable bonds is 5. The Morgan fingerprint density at radius 2 is 1.82 bits per heavy atom. The number of nitrogens with zero attached hydrogens (tertiary/aromatic N) is 1. The van der Waals surface area contributed by atoms with Crippen LogP contribution in [0, 0.1) is 5.41 Å². The summed E-state index contributed by atoms with van der Waals surface area (Å²) in [4.78, 5) is 16.2. The van der Waals surface area contributed by atoms with Crippen molar-refractivity contribution in [3.63, 3.8) is 0 Å². The lowest BCUT2D eigenvalue weighted by atomic mass is 9.85. The van der Waals surface area contributed by atoms with Gasteiger partial charge in [-0.15, -0.1) is 0 Å². The third kappa shape index (κ3) is 5.21. The molecule has 0 aliphatic rings. The molecule has 116 valence electrons. The van der Waals surface area contributed by atoms with Crippen molar-refractivity contribution in [3.8, 4) is 0 Å². The van der Waals surface area contributed by atoms with Gasteiger partial charge in [-0.05, 0) is 51.5 Å². The van der Waals surface area contributed by atoms with E-state index in [9.17, 15) is 4.79 Å². The first-order valence-electron chi connectivity index (χ1n) is 6.99. The topological polar surface area (TPSA) is 42.0 Å². The van der Waals surface area contributed by atoms with E-state index in [1.807, 2.05) is 12.1 Å². The zero-order valence-electron chi connectivity index (χ0n) is 12.6. The van der Waals surface area contributed by atoms with E-state index in [0.29, 0.717) is 12.1 Å². The van der Waals surface area contributed by atoms with Gasteiger partial charge in [0.15, 0.2) is 0 Å². The third-order valence-electron chi connectivity index (χ3n) is 3.29. The molecule has 0 saturated heterocycles. The third-order valence-corrected chi connectivity index (χ3v) is 4.25. The van der Waals surface area contributed by atoms with Gasteiger partial charge in [0.2, 0.25) is 0 Å². The Morgan fingerprint density at radius 1 is 1.14 bits per heavy atom. The zero-order valence-corrected chi connectivity index (χ0v) is 15.7. The minimum absolute atomic E-state index is 0.0249. The highest BCUT2D eigenvalue weighted by atomic mass is 79.9. The van der Waals surface area contributed by atoms with Gasteiger partial charge in [-0.2, -0.15) is 0 Å². The SMILES string of the molecule is CC(C)(CNC(=O)c1cncc(Br)c1)Cc1ccc(Br)cc1. The summed E-state index contributed by atoms with van der Waals surface area (Å²) in [6, 6.07) is 10.1. The average molecular weight is 426 g/mol. The molecule has 5 heteroatoms. The second-order valence-corrected chi connectivity index (χ2v) is 7.87. The number of nitrogens with one attached hydrogen (secondary N) is 1. The number of amides is 1. The van der Waals surface area contributed by atoms with Crippen LogP contribution in [0.2, 0.25) is 0 Å². The molecule has 1 aromatic carbocycles. The molecule has 0 atom stereocenters. The van der Waals surface area contributed by atoms with Crippen LogP contribution in [-0.4, -0.2) is 17.4 Å². The fourth-order valence-electron chi connectivity index (χ4n) is 2.17. The van der Waals surface area contributed by atoms with Crippen LogP contribution in [0.15, 0.2) is 51.7 Å². The van der Waals surface area contributed by atoms with E-state index in [0.717, 1.165) is 15.4 Å². The van der Waals surface area contributed by atoms with Crippen LogP contribution >= 0.6 is 31.9 Å². The van der Waals surface area contributed by atoms with E-state index in [4.69, 9.17) is 0 Å². The molecular weight excluding hydrogens is 408 g/mol. The second kappa shape index (κ2) is 7.38. The Balaban J connectivity index is 1.94. The summed E-state index contributed by atoms with van der Waals surface area (Å²) in [6.45, 7) is 4.90. The second-order valence-electron chi connectivity index (χ2n) is 6.04. The van der Waals surface area contributed by atoms with Gasteiger partial charge in [0.05, 0.1) is 5.56 Å². The quantitative estimate of drug-likeness (QED) is 0.760. The molecular formula is C17H18Br2N2O. The monoisotopic (exact) mass is 424 g/mol. The molecule has 3 nitrogen and oxygen atoms in total. The molecule has 0 bridgehead atoms. The molecule has 0 fully saturated rings. The number of benzene rings is 1. The Bertz CT molecular complexity index is 654. The van der Waals surface area contributed by atoms with Crippen LogP contribution < -0.4 is 5.32 Å². The maximum Gasteiger partial charge on any atom is 0.252 e. The van der Waals surface area contributed by atoms with Crippen LogP contribution in [-0.2, 0) is 6.42 Å². The highest BCUT2D eigenvalue weighted by Crippen LogP contribution is 2.22. The molecule has 22 heavy (non-hydrogen) atoms. The van der Waals surface area contributed by atoms with Crippen LogP contribution in [0.1, 0.15) is 29.8 Å². The van der Waals surface area contributed by atoms with Crippen molar-refractivity contribution in [2.24, 2.45) is 5.41 Å². The number of halogens is 2. The fourth-order valence-corrected chi connectivity index (χ4v) is 2.80. The van der Waals surface area contributed by atoms with Gasteiger partial charge in [-0.1, -0.05) is 41.9 Å². The van der Waals surface area contributed by atoms with Crippen molar-refractivity contribution in [3.05, 3.63) is 62.8 Å². The summed E-state index contributed by atoms with van der Waals surface area (Å²) in [5, 5.41) is 2.99. The average Bonchev–Trinajstić information content (AvgIpc) is 2.47. The van der Waals surface area contributed by atoms with Crippen LogP contribution in [0.4, 0.5) is 0 Å². The van der Waals surface area contributed by atoms with Gasteiger partial charge >= 0.3 is 0 Å². The lowest BCUT2D eigenvalue weighted by molar-refractivity contribution is 0.0936. The van der Waals surface area contributed by atoms with Crippen molar-refractivity contribution >= 4 is 37.8 Å². The highest BCUT2D eigenvalue weighted by molar-refractivity contribution is 9.10. The summed E-state index contributed by atoms with van der Waals surface area (Å²) >= 11 is 6.76. The van der Waals surface area contributed by atoms with Crippen molar-refractivity contribution in [1.82, 2.24) is 10.3 Å². The lowest BCUT2D eigenvalue weighted by Crippen LogP contribution is -2.35. The minimum atomic E-state index is -0.0994. The molecule has 1 amide bonds. The van der Waals surface area contributed by atoms with Gasteiger partial charge in [0.1, 0.15) is 0 Å². The van der Waals surface area contributed by atoms with Gasteiger partial charge in [-0.3, -0.25) is 9.78 Å². The van der Waals surface area contributed by atoms with E-state index >= 15 is 0 Å². The molecule has 0 spiro atoms. The number of hydrogen-bond donors (Lipinski definition) is 1. The maximum absolute atomic E-state index is 12.2. The first-order valence-corrected chi connectivity index (χ1v) is 8.57. The highest BCUT2D eigenvalue weighted by Gasteiger charge is 2.20. The van der Waals surface area contributed by atoms with E-state index in [-0.39, 0.29) is 11.3 Å².